The van der Waals surface area contributed by atoms with Gasteiger partial charge in [-0.2, -0.15) is 13.2 Å². The van der Waals surface area contributed by atoms with Crippen LogP contribution in [-0.2, 0) is 11.0 Å². The molecule has 28 heavy (non-hydrogen) atoms. The third-order valence-corrected chi connectivity index (χ3v) is 5.73. The number of hydrogen-bond acceptors (Lipinski definition) is 4. The van der Waals surface area contributed by atoms with Crippen LogP contribution >= 0.6 is 0 Å². The molecule has 148 valence electrons. The van der Waals surface area contributed by atoms with E-state index in [1.807, 2.05) is 24.0 Å². The summed E-state index contributed by atoms with van der Waals surface area (Å²) >= 11 is 0. The minimum absolute atomic E-state index is 0.0471. The van der Waals surface area contributed by atoms with Crippen molar-refractivity contribution >= 4 is 17.5 Å². The van der Waals surface area contributed by atoms with Crippen LogP contribution in [0.5, 0.6) is 0 Å². The molecular formula is C20H21F3N4O. The molecule has 0 bridgehead atoms. The van der Waals surface area contributed by atoms with E-state index >= 15 is 0 Å². The second-order valence-corrected chi connectivity index (χ2v) is 7.56. The Labute approximate surface area is 161 Å². The van der Waals surface area contributed by atoms with Gasteiger partial charge in [0.1, 0.15) is 11.6 Å². The summed E-state index contributed by atoms with van der Waals surface area (Å²) in [6.07, 6.45) is 0.404. The second kappa shape index (κ2) is 6.76. The Morgan fingerprint density at radius 2 is 1.93 bits per heavy atom. The van der Waals surface area contributed by atoms with Crippen LogP contribution in [0.4, 0.5) is 24.8 Å². The van der Waals surface area contributed by atoms with E-state index in [9.17, 15) is 18.0 Å². The molecule has 4 rings (SSSR count). The van der Waals surface area contributed by atoms with E-state index in [0.29, 0.717) is 37.7 Å². The molecule has 2 saturated heterocycles. The quantitative estimate of drug-likeness (QED) is 0.782. The molecule has 1 spiro atoms. The fraction of sp³-hybridized carbons (Fsp3) is 0.450. The van der Waals surface area contributed by atoms with Gasteiger partial charge in [0.2, 0.25) is 5.91 Å². The molecule has 1 amide bonds. The zero-order chi connectivity index (χ0) is 19.9. The van der Waals surface area contributed by atoms with Gasteiger partial charge in [0.15, 0.2) is 0 Å². The second-order valence-electron chi connectivity index (χ2n) is 7.56. The number of rotatable bonds is 2. The lowest BCUT2D eigenvalue weighted by molar-refractivity contribution is -0.137. The lowest BCUT2D eigenvalue weighted by Gasteiger charge is -2.39. The van der Waals surface area contributed by atoms with Crippen molar-refractivity contribution in [2.24, 2.45) is 5.41 Å². The van der Waals surface area contributed by atoms with Gasteiger partial charge in [0, 0.05) is 32.0 Å². The van der Waals surface area contributed by atoms with E-state index in [0.717, 1.165) is 30.7 Å². The Balaban J connectivity index is 1.55. The minimum atomic E-state index is -4.41. The minimum Gasteiger partial charge on any atom is -0.356 e. The van der Waals surface area contributed by atoms with Crippen LogP contribution in [-0.4, -0.2) is 35.5 Å². The van der Waals surface area contributed by atoms with Gasteiger partial charge in [-0.05, 0) is 49.9 Å². The summed E-state index contributed by atoms with van der Waals surface area (Å²) in [5.41, 5.74) is -0.353. The summed E-state index contributed by atoms with van der Waals surface area (Å²) in [6.45, 7) is 3.67. The van der Waals surface area contributed by atoms with Crippen molar-refractivity contribution < 1.29 is 18.0 Å². The molecule has 0 radical (unpaired) electrons. The summed E-state index contributed by atoms with van der Waals surface area (Å²) in [6, 6.07) is 6.21. The standard InChI is InChI=1S/C20H21F3N4O/c1-14-4-2-9-24-17(14)27-11-8-19(18(27)28)7-3-10-26(13-19)16-6-5-15(12-25-16)20(21,22)23/h2,4-6,9,12H,3,7-8,10-11,13H2,1H3. The van der Waals surface area contributed by atoms with Gasteiger partial charge in [0.25, 0.3) is 0 Å². The Morgan fingerprint density at radius 1 is 1.11 bits per heavy atom. The molecule has 0 N–H and O–H groups in total. The van der Waals surface area contributed by atoms with Crippen LogP contribution in [0.25, 0.3) is 0 Å². The molecule has 1 unspecified atom stereocenters. The van der Waals surface area contributed by atoms with Gasteiger partial charge in [-0.1, -0.05) is 6.07 Å². The largest absolute Gasteiger partial charge is 0.417 e. The van der Waals surface area contributed by atoms with Gasteiger partial charge in [-0.15, -0.1) is 0 Å². The molecule has 2 aliphatic rings. The first-order valence-corrected chi connectivity index (χ1v) is 9.32. The monoisotopic (exact) mass is 390 g/mol. The molecule has 5 nitrogen and oxygen atoms in total. The van der Waals surface area contributed by atoms with Crippen LogP contribution in [0.3, 0.4) is 0 Å². The van der Waals surface area contributed by atoms with Gasteiger partial charge in [0.05, 0.1) is 11.0 Å². The summed E-state index contributed by atoms with van der Waals surface area (Å²) in [5.74, 6) is 1.22. The van der Waals surface area contributed by atoms with E-state index in [1.54, 1.807) is 11.1 Å². The summed E-state index contributed by atoms with van der Waals surface area (Å²) in [7, 11) is 0. The first-order chi connectivity index (χ1) is 13.3. The number of nitrogens with zero attached hydrogens (tertiary/aromatic N) is 4. The number of anilines is 2. The van der Waals surface area contributed by atoms with E-state index in [2.05, 4.69) is 9.97 Å². The maximum Gasteiger partial charge on any atom is 0.417 e. The summed E-state index contributed by atoms with van der Waals surface area (Å²) in [4.78, 5) is 25.3. The van der Waals surface area contributed by atoms with Crippen LogP contribution in [0.15, 0.2) is 36.7 Å². The van der Waals surface area contributed by atoms with E-state index in [-0.39, 0.29) is 5.91 Å². The first-order valence-electron chi connectivity index (χ1n) is 9.32. The highest BCUT2D eigenvalue weighted by molar-refractivity contribution is 6.00. The lowest BCUT2D eigenvalue weighted by Crippen LogP contribution is -2.48. The van der Waals surface area contributed by atoms with Crippen LogP contribution in [0.1, 0.15) is 30.4 Å². The highest BCUT2D eigenvalue weighted by Gasteiger charge is 2.50. The van der Waals surface area contributed by atoms with Crippen LogP contribution in [0.2, 0.25) is 0 Å². The number of piperidine rings is 1. The summed E-state index contributed by atoms with van der Waals surface area (Å²) < 4.78 is 38.3. The number of alkyl halides is 3. The topological polar surface area (TPSA) is 49.3 Å². The van der Waals surface area contributed by atoms with Gasteiger partial charge < -0.3 is 4.90 Å². The zero-order valence-corrected chi connectivity index (χ0v) is 15.5. The molecule has 4 heterocycles. The van der Waals surface area contributed by atoms with Crippen molar-refractivity contribution in [2.75, 3.05) is 29.4 Å². The Kier molecular flexibility index (Phi) is 4.51. The maximum atomic E-state index is 13.3. The third-order valence-electron chi connectivity index (χ3n) is 5.73. The number of halogens is 3. The normalized spacial score (nSPS) is 22.9. The molecule has 2 aromatic rings. The number of aryl methyl sites for hydroxylation is 1. The van der Waals surface area contributed by atoms with Crippen molar-refractivity contribution in [1.82, 2.24) is 9.97 Å². The average molecular weight is 390 g/mol. The predicted octanol–water partition coefficient (Wildman–Crippen LogP) is 3.83. The highest BCUT2D eigenvalue weighted by Crippen LogP contribution is 2.43. The molecule has 1 atom stereocenters. The van der Waals surface area contributed by atoms with Crippen molar-refractivity contribution in [1.29, 1.82) is 0 Å². The van der Waals surface area contributed by atoms with E-state index in [1.165, 1.54) is 6.07 Å². The van der Waals surface area contributed by atoms with E-state index < -0.39 is 17.2 Å². The first kappa shape index (κ1) is 18.7. The smallest absolute Gasteiger partial charge is 0.356 e. The molecule has 2 aromatic heterocycles. The zero-order valence-electron chi connectivity index (χ0n) is 15.5. The number of pyridine rings is 2. The van der Waals surface area contributed by atoms with Gasteiger partial charge in [-0.25, -0.2) is 9.97 Å². The molecule has 2 aliphatic heterocycles. The van der Waals surface area contributed by atoms with Crippen molar-refractivity contribution in [2.45, 2.75) is 32.4 Å². The average Bonchev–Trinajstić information content (AvgIpc) is 2.97. The molecule has 0 aromatic carbocycles. The third kappa shape index (κ3) is 3.21. The van der Waals surface area contributed by atoms with Gasteiger partial charge in [-0.3, -0.25) is 9.69 Å². The van der Waals surface area contributed by atoms with Crippen LogP contribution < -0.4 is 9.80 Å². The van der Waals surface area contributed by atoms with Gasteiger partial charge >= 0.3 is 6.18 Å². The summed E-state index contributed by atoms with van der Waals surface area (Å²) in [5, 5.41) is 0. The number of carbonyl (C=O) groups is 1. The lowest BCUT2D eigenvalue weighted by atomic mass is 9.78. The van der Waals surface area contributed by atoms with E-state index in [4.69, 9.17) is 0 Å². The molecule has 0 aliphatic carbocycles. The Morgan fingerprint density at radius 3 is 2.61 bits per heavy atom. The molecular weight excluding hydrogens is 369 g/mol. The number of aromatic nitrogens is 2. The number of amides is 1. The fourth-order valence-corrected chi connectivity index (χ4v) is 4.23. The molecule has 0 saturated carbocycles. The fourth-order valence-electron chi connectivity index (χ4n) is 4.23. The van der Waals surface area contributed by atoms with Crippen LogP contribution in [0, 0.1) is 12.3 Å². The Bertz CT molecular complexity index is 884. The van der Waals surface area contributed by atoms with Crippen molar-refractivity contribution in [3.63, 3.8) is 0 Å². The van der Waals surface area contributed by atoms with Crippen molar-refractivity contribution in [3.05, 3.63) is 47.8 Å². The SMILES string of the molecule is Cc1cccnc1N1CCC2(CCCN(c3ccc(C(F)(F)F)cn3)C2)C1=O. The maximum absolute atomic E-state index is 13.3. The predicted molar refractivity (Wildman–Crippen MR) is 99.1 cm³/mol. The highest BCUT2D eigenvalue weighted by atomic mass is 19.4. The number of carbonyl (C=O) groups excluding carboxylic acids is 1. The molecule has 8 heteroatoms. The Hall–Kier alpha value is -2.64. The number of hydrogen-bond donors (Lipinski definition) is 0. The molecule has 2 fully saturated rings. The van der Waals surface area contributed by atoms with Crippen molar-refractivity contribution in [3.8, 4) is 0 Å².